The maximum absolute atomic E-state index is 14.6. The van der Waals surface area contributed by atoms with Gasteiger partial charge in [0.15, 0.2) is 0 Å². The molecule has 13 nitrogen and oxygen atoms in total. The van der Waals surface area contributed by atoms with Crippen molar-refractivity contribution in [3.63, 3.8) is 0 Å². The lowest BCUT2D eigenvalue weighted by molar-refractivity contribution is -0.141. The summed E-state index contributed by atoms with van der Waals surface area (Å²) in [5, 5.41) is 7.92. The molecular formula is C39H41FN6O7S2. The summed E-state index contributed by atoms with van der Waals surface area (Å²) in [5.74, 6) is -3.15. The number of ether oxygens (including phenoxy) is 1. The quantitative estimate of drug-likeness (QED) is 0.180. The Bertz CT molecular complexity index is 2330. The largest absolute Gasteiger partial charge is 0.472 e. The molecule has 55 heavy (non-hydrogen) atoms. The topological polar surface area (TPSA) is 177 Å². The zero-order chi connectivity index (χ0) is 38.5. The van der Waals surface area contributed by atoms with Crippen LogP contribution in [0.1, 0.15) is 74.4 Å². The smallest absolute Gasteiger partial charge is 0.263 e. The van der Waals surface area contributed by atoms with Crippen molar-refractivity contribution < 1.29 is 36.7 Å². The van der Waals surface area contributed by atoms with Crippen LogP contribution in [0.25, 0.3) is 21.7 Å². The molecule has 8 rings (SSSR count). The van der Waals surface area contributed by atoms with Crippen LogP contribution in [0, 0.1) is 11.7 Å². The summed E-state index contributed by atoms with van der Waals surface area (Å²) in [7, 11) is -4.01. The SMILES string of the molecule is CC1(S(=O)(=O)NC(=O)[C@@]23C[C@H]2/C=C\CCCCC[C@H](NC(=O)c2ccns2)C(=O)N2C[C@H](Oc4nc5cc(F)ccc5c5ccccc45)C[C@H]2C(=O)N3)CC1. The van der Waals surface area contributed by atoms with E-state index in [1.807, 2.05) is 36.4 Å². The van der Waals surface area contributed by atoms with Gasteiger partial charge in [0.25, 0.3) is 11.8 Å². The predicted molar refractivity (Wildman–Crippen MR) is 203 cm³/mol. The van der Waals surface area contributed by atoms with Crippen molar-refractivity contribution in [3.8, 4) is 5.88 Å². The molecule has 0 bridgehead atoms. The van der Waals surface area contributed by atoms with Gasteiger partial charge in [0.1, 0.15) is 34.4 Å². The Hall–Kier alpha value is -4.96. The summed E-state index contributed by atoms with van der Waals surface area (Å²) in [4.78, 5) is 62.5. The van der Waals surface area contributed by atoms with Crippen LogP contribution in [-0.2, 0) is 24.4 Å². The number of pyridine rings is 1. The molecule has 1 saturated heterocycles. The molecule has 3 fully saturated rings. The molecule has 2 aliphatic heterocycles. The van der Waals surface area contributed by atoms with E-state index >= 15 is 0 Å². The third-order valence-corrected chi connectivity index (χ3v) is 14.3. The van der Waals surface area contributed by atoms with Gasteiger partial charge in [-0.3, -0.25) is 23.9 Å². The highest BCUT2D eigenvalue weighted by Crippen LogP contribution is 2.47. The van der Waals surface area contributed by atoms with E-state index in [1.165, 1.54) is 23.2 Å². The fourth-order valence-corrected chi connectivity index (χ4v) is 9.47. The predicted octanol–water partition coefficient (Wildman–Crippen LogP) is 4.52. The van der Waals surface area contributed by atoms with E-state index in [4.69, 9.17) is 4.74 Å². The summed E-state index contributed by atoms with van der Waals surface area (Å²) in [6, 6.07) is 11.2. The minimum Gasteiger partial charge on any atom is -0.472 e. The first-order chi connectivity index (χ1) is 26.4. The second-order valence-electron chi connectivity index (χ2n) is 15.2. The van der Waals surface area contributed by atoms with Crippen molar-refractivity contribution in [2.45, 2.75) is 93.2 Å². The van der Waals surface area contributed by atoms with E-state index in [2.05, 4.69) is 24.7 Å². The summed E-state index contributed by atoms with van der Waals surface area (Å²) in [5.41, 5.74) is -1.17. The highest BCUT2D eigenvalue weighted by Gasteiger charge is 2.63. The summed E-state index contributed by atoms with van der Waals surface area (Å²) >= 11 is 1.00. The van der Waals surface area contributed by atoms with Crippen LogP contribution in [-0.4, -0.2) is 81.3 Å². The van der Waals surface area contributed by atoms with Crippen molar-refractivity contribution in [3.05, 3.63) is 77.6 Å². The van der Waals surface area contributed by atoms with E-state index in [0.29, 0.717) is 47.9 Å². The Morgan fingerprint density at radius 2 is 1.85 bits per heavy atom. The van der Waals surface area contributed by atoms with Crippen LogP contribution in [0.5, 0.6) is 5.88 Å². The highest BCUT2D eigenvalue weighted by atomic mass is 32.2. The molecule has 4 aliphatic rings. The number of sulfonamides is 1. The zero-order valence-electron chi connectivity index (χ0n) is 30.1. The Balaban J connectivity index is 1.13. The molecule has 0 unspecified atom stereocenters. The molecular weight excluding hydrogens is 748 g/mol. The number of hydrogen-bond donors (Lipinski definition) is 3. The van der Waals surface area contributed by atoms with E-state index in [9.17, 15) is 32.0 Å². The van der Waals surface area contributed by atoms with Gasteiger partial charge in [0, 0.05) is 35.4 Å². The van der Waals surface area contributed by atoms with Crippen molar-refractivity contribution in [2.75, 3.05) is 6.54 Å². The molecule has 2 aromatic heterocycles. The molecule has 3 N–H and O–H groups in total. The number of benzene rings is 2. The molecule has 288 valence electrons. The lowest BCUT2D eigenvalue weighted by Gasteiger charge is -2.30. The van der Waals surface area contributed by atoms with Crippen LogP contribution >= 0.6 is 11.5 Å². The number of carbonyl (C=O) groups excluding carboxylic acids is 4. The minimum absolute atomic E-state index is 0.00114. The number of nitrogens with one attached hydrogen (secondary N) is 3. The lowest BCUT2D eigenvalue weighted by atomic mass is 10.0. The third kappa shape index (κ3) is 7.17. The van der Waals surface area contributed by atoms with Crippen molar-refractivity contribution in [2.24, 2.45) is 5.92 Å². The van der Waals surface area contributed by atoms with Gasteiger partial charge in [-0.25, -0.2) is 22.2 Å². The number of hydrogen-bond acceptors (Lipinski definition) is 10. The zero-order valence-corrected chi connectivity index (χ0v) is 31.8. The Morgan fingerprint density at radius 1 is 1.05 bits per heavy atom. The standard InChI is InChI=1S/C39H41FN6O7S2/c1-38(16-17-38)55(51,52)45-37(50)39-21-23(39)9-5-3-2-4-6-12-29(42-34(48)32-15-18-41-54-32)36(49)46-22-25(20-31(46)33(47)44-39)53-35-28-11-8-7-10-26(28)27-14-13-24(40)19-30(27)43-35/h5,7-11,13-15,18-19,23,25,29,31H,2-4,6,12,16-17,20-22H2,1H3,(H,42,48)(H,44,47)(H,45,50)/b9-5-/t23-,25-,29+,31+,39-/m1/s1. The van der Waals surface area contributed by atoms with Gasteiger partial charge in [0.05, 0.1) is 16.8 Å². The number of nitrogens with zero attached hydrogens (tertiary/aromatic N) is 3. The van der Waals surface area contributed by atoms with Crippen LogP contribution in [0.4, 0.5) is 4.39 Å². The number of amides is 4. The maximum atomic E-state index is 14.6. The number of rotatable bonds is 7. The van der Waals surface area contributed by atoms with Crippen molar-refractivity contribution in [1.82, 2.24) is 29.6 Å². The Labute approximate surface area is 321 Å². The van der Waals surface area contributed by atoms with Gasteiger partial charge in [-0.05, 0) is 86.6 Å². The first-order valence-electron chi connectivity index (χ1n) is 18.6. The summed E-state index contributed by atoms with van der Waals surface area (Å²) < 4.78 is 52.4. The van der Waals surface area contributed by atoms with E-state index in [1.54, 1.807) is 19.1 Å². The molecule has 4 aromatic rings. The van der Waals surface area contributed by atoms with Gasteiger partial charge in [-0.1, -0.05) is 43.2 Å². The third-order valence-electron chi connectivity index (χ3n) is 11.3. The lowest BCUT2D eigenvalue weighted by Crippen LogP contribution is -2.58. The molecule has 2 aliphatic carbocycles. The minimum atomic E-state index is -4.01. The van der Waals surface area contributed by atoms with Crippen LogP contribution in [0.2, 0.25) is 0 Å². The van der Waals surface area contributed by atoms with Gasteiger partial charge < -0.3 is 20.3 Å². The molecule has 5 atom stereocenters. The van der Waals surface area contributed by atoms with Crippen molar-refractivity contribution >= 4 is 66.9 Å². The number of aromatic nitrogens is 2. The molecule has 2 aromatic carbocycles. The second-order valence-corrected chi connectivity index (χ2v) is 18.3. The van der Waals surface area contributed by atoms with Crippen LogP contribution in [0.3, 0.4) is 0 Å². The number of halogens is 1. The average Bonchev–Trinajstić information content (AvgIpc) is 3.91. The van der Waals surface area contributed by atoms with E-state index in [0.717, 1.165) is 35.1 Å². The average molecular weight is 789 g/mol. The van der Waals surface area contributed by atoms with E-state index in [-0.39, 0.29) is 25.3 Å². The number of allylic oxidation sites excluding steroid dienone is 1. The van der Waals surface area contributed by atoms with Gasteiger partial charge in [0.2, 0.25) is 27.7 Å². The van der Waals surface area contributed by atoms with Crippen LogP contribution < -0.4 is 20.1 Å². The first-order valence-corrected chi connectivity index (χ1v) is 20.9. The molecule has 2 saturated carbocycles. The molecule has 16 heteroatoms. The van der Waals surface area contributed by atoms with Gasteiger partial charge >= 0.3 is 0 Å². The molecule has 4 heterocycles. The van der Waals surface area contributed by atoms with Crippen LogP contribution in [0.15, 0.2) is 66.9 Å². The molecule has 4 amide bonds. The highest BCUT2D eigenvalue weighted by molar-refractivity contribution is 7.91. The number of carbonyl (C=O) groups is 4. The fraction of sp³-hybridized carbons (Fsp3) is 0.436. The Kier molecular flexibility index (Phi) is 9.60. The van der Waals surface area contributed by atoms with E-state index < -0.39 is 73.9 Å². The van der Waals surface area contributed by atoms with Gasteiger partial charge in [-0.15, -0.1) is 0 Å². The van der Waals surface area contributed by atoms with Gasteiger partial charge in [-0.2, -0.15) is 0 Å². The normalized spacial score (nSPS) is 27.2. The molecule has 0 radical (unpaired) electrons. The molecule has 0 spiro atoms. The maximum Gasteiger partial charge on any atom is 0.263 e. The monoisotopic (exact) mass is 788 g/mol. The number of fused-ring (bicyclic) bond motifs is 5. The summed E-state index contributed by atoms with van der Waals surface area (Å²) in [6.07, 6.45) is 8.72. The first kappa shape index (κ1) is 37.0. The van der Waals surface area contributed by atoms with Crippen molar-refractivity contribution in [1.29, 1.82) is 0 Å². The fourth-order valence-electron chi connectivity index (χ4n) is 7.66. The second kappa shape index (κ2) is 14.3. The Morgan fingerprint density at radius 3 is 2.62 bits per heavy atom. The summed E-state index contributed by atoms with van der Waals surface area (Å²) in [6.45, 7) is 1.52.